The lowest BCUT2D eigenvalue weighted by atomic mass is 10.1. The Morgan fingerprint density at radius 2 is 2.00 bits per heavy atom. The summed E-state index contributed by atoms with van der Waals surface area (Å²) in [7, 11) is 0. The van der Waals surface area contributed by atoms with E-state index in [1.807, 2.05) is 42.6 Å². The summed E-state index contributed by atoms with van der Waals surface area (Å²) in [5.74, 6) is 0. The van der Waals surface area contributed by atoms with Crippen LogP contribution in [0.1, 0.15) is 11.3 Å². The van der Waals surface area contributed by atoms with Crippen LogP contribution in [-0.2, 0) is 0 Å². The summed E-state index contributed by atoms with van der Waals surface area (Å²) in [6, 6.07) is 10.5. The minimum atomic E-state index is -0.389. The van der Waals surface area contributed by atoms with E-state index in [9.17, 15) is 10.1 Å². The van der Waals surface area contributed by atoms with Crippen molar-refractivity contribution in [3.05, 3.63) is 64.0 Å². The van der Waals surface area contributed by atoms with Crippen molar-refractivity contribution >= 4 is 11.3 Å². The fraction of sp³-hybridized carbons (Fsp3) is 0.133. The molecular weight excluding hydrogens is 254 g/mol. The SMILES string of the molecule is Cc1cccn2c(C)c(-c3cccc([N+](=O)[O-])c3)nc12. The number of aromatic nitrogens is 2. The molecule has 0 radical (unpaired) electrons. The minimum absolute atomic E-state index is 0.0793. The van der Waals surface area contributed by atoms with Crippen LogP contribution < -0.4 is 0 Å². The first kappa shape index (κ1) is 12.3. The lowest BCUT2D eigenvalue weighted by Gasteiger charge is -2.00. The number of pyridine rings is 1. The Morgan fingerprint density at radius 3 is 2.70 bits per heavy atom. The van der Waals surface area contributed by atoms with Crippen LogP contribution in [0.4, 0.5) is 5.69 Å². The summed E-state index contributed by atoms with van der Waals surface area (Å²) in [4.78, 5) is 15.1. The summed E-state index contributed by atoms with van der Waals surface area (Å²) >= 11 is 0. The van der Waals surface area contributed by atoms with Gasteiger partial charge in [-0.05, 0) is 25.5 Å². The van der Waals surface area contributed by atoms with Gasteiger partial charge in [-0.3, -0.25) is 10.1 Å². The molecule has 0 amide bonds. The number of hydrogen-bond acceptors (Lipinski definition) is 3. The third-order valence-corrected chi connectivity index (χ3v) is 3.41. The number of rotatable bonds is 2. The van der Waals surface area contributed by atoms with Gasteiger partial charge in [-0.25, -0.2) is 4.98 Å². The Kier molecular flexibility index (Phi) is 2.75. The average Bonchev–Trinajstić information content (AvgIpc) is 2.78. The highest BCUT2D eigenvalue weighted by atomic mass is 16.6. The Bertz CT molecular complexity index is 821. The van der Waals surface area contributed by atoms with Crippen molar-refractivity contribution < 1.29 is 4.92 Å². The quantitative estimate of drug-likeness (QED) is 0.527. The zero-order valence-corrected chi connectivity index (χ0v) is 11.2. The van der Waals surface area contributed by atoms with E-state index in [0.29, 0.717) is 0 Å². The summed E-state index contributed by atoms with van der Waals surface area (Å²) in [6.45, 7) is 3.96. The maximum absolute atomic E-state index is 10.9. The van der Waals surface area contributed by atoms with Crippen molar-refractivity contribution in [3.8, 4) is 11.3 Å². The molecule has 3 rings (SSSR count). The van der Waals surface area contributed by atoms with E-state index in [1.165, 1.54) is 6.07 Å². The Morgan fingerprint density at radius 1 is 1.20 bits per heavy atom. The van der Waals surface area contributed by atoms with Crippen LogP contribution in [0.15, 0.2) is 42.6 Å². The van der Waals surface area contributed by atoms with Crippen molar-refractivity contribution in [2.75, 3.05) is 0 Å². The normalized spacial score (nSPS) is 10.9. The molecule has 0 aliphatic heterocycles. The number of fused-ring (bicyclic) bond motifs is 1. The summed E-state index contributed by atoms with van der Waals surface area (Å²) < 4.78 is 2.00. The smallest absolute Gasteiger partial charge is 0.270 e. The standard InChI is InChI=1S/C15H13N3O2/c1-10-5-4-8-17-11(2)14(16-15(10)17)12-6-3-7-13(9-12)18(19)20/h3-9H,1-2H3. The van der Waals surface area contributed by atoms with Gasteiger partial charge in [-0.2, -0.15) is 0 Å². The first-order valence-corrected chi connectivity index (χ1v) is 6.27. The van der Waals surface area contributed by atoms with E-state index in [4.69, 9.17) is 0 Å². The maximum atomic E-state index is 10.9. The van der Waals surface area contributed by atoms with Crippen molar-refractivity contribution in [1.82, 2.24) is 9.38 Å². The van der Waals surface area contributed by atoms with E-state index in [-0.39, 0.29) is 10.6 Å². The highest BCUT2D eigenvalue weighted by Crippen LogP contribution is 2.27. The van der Waals surface area contributed by atoms with E-state index < -0.39 is 0 Å². The Balaban J connectivity index is 2.25. The van der Waals surface area contributed by atoms with Crippen LogP contribution in [0, 0.1) is 24.0 Å². The molecule has 0 saturated heterocycles. The first-order valence-electron chi connectivity index (χ1n) is 6.27. The molecule has 2 heterocycles. The van der Waals surface area contributed by atoms with Gasteiger partial charge in [0.15, 0.2) is 0 Å². The van der Waals surface area contributed by atoms with Gasteiger partial charge in [0.2, 0.25) is 0 Å². The zero-order chi connectivity index (χ0) is 14.3. The summed E-state index contributed by atoms with van der Waals surface area (Å²) in [5, 5.41) is 10.9. The molecule has 0 saturated carbocycles. The van der Waals surface area contributed by atoms with Crippen molar-refractivity contribution in [2.24, 2.45) is 0 Å². The number of hydrogen-bond donors (Lipinski definition) is 0. The highest BCUT2D eigenvalue weighted by molar-refractivity contribution is 5.69. The summed E-state index contributed by atoms with van der Waals surface area (Å²) in [6.07, 6.45) is 1.95. The van der Waals surface area contributed by atoms with Gasteiger partial charge in [-0.15, -0.1) is 0 Å². The number of aryl methyl sites for hydroxylation is 2. The lowest BCUT2D eigenvalue weighted by Crippen LogP contribution is -1.90. The van der Waals surface area contributed by atoms with Crippen LogP contribution in [0.5, 0.6) is 0 Å². The minimum Gasteiger partial charge on any atom is -0.303 e. The van der Waals surface area contributed by atoms with E-state index in [2.05, 4.69) is 4.98 Å². The molecule has 100 valence electrons. The predicted octanol–water partition coefficient (Wildman–Crippen LogP) is 3.53. The largest absolute Gasteiger partial charge is 0.303 e. The fourth-order valence-electron chi connectivity index (χ4n) is 2.36. The molecule has 20 heavy (non-hydrogen) atoms. The van der Waals surface area contributed by atoms with Crippen LogP contribution >= 0.6 is 0 Å². The molecule has 0 spiro atoms. The maximum Gasteiger partial charge on any atom is 0.270 e. The van der Waals surface area contributed by atoms with Crippen LogP contribution in [0.25, 0.3) is 16.9 Å². The molecular formula is C15H13N3O2. The van der Waals surface area contributed by atoms with Gasteiger partial charge in [0, 0.05) is 29.6 Å². The van der Waals surface area contributed by atoms with Gasteiger partial charge < -0.3 is 4.40 Å². The second-order valence-electron chi connectivity index (χ2n) is 4.74. The molecule has 0 aliphatic carbocycles. The number of nitrogens with zero attached hydrogens (tertiary/aromatic N) is 3. The third-order valence-electron chi connectivity index (χ3n) is 3.41. The van der Waals surface area contributed by atoms with Crippen LogP contribution in [-0.4, -0.2) is 14.3 Å². The summed E-state index contributed by atoms with van der Waals surface area (Å²) in [5.41, 5.74) is 4.56. The van der Waals surface area contributed by atoms with Crippen molar-refractivity contribution in [2.45, 2.75) is 13.8 Å². The molecule has 0 N–H and O–H groups in total. The molecule has 2 aromatic heterocycles. The molecule has 5 nitrogen and oxygen atoms in total. The molecule has 0 unspecified atom stereocenters. The van der Waals surface area contributed by atoms with Crippen molar-refractivity contribution in [3.63, 3.8) is 0 Å². The second kappa shape index (κ2) is 4.45. The van der Waals surface area contributed by atoms with Gasteiger partial charge in [0.25, 0.3) is 5.69 Å². The van der Waals surface area contributed by atoms with Crippen molar-refractivity contribution in [1.29, 1.82) is 0 Å². The average molecular weight is 267 g/mol. The molecule has 5 heteroatoms. The molecule has 0 atom stereocenters. The number of imidazole rings is 1. The van der Waals surface area contributed by atoms with Gasteiger partial charge in [0.1, 0.15) is 5.65 Å². The van der Waals surface area contributed by atoms with Gasteiger partial charge in [0.05, 0.1) is 10.6 Å². The third kappa shape index (κ3) is 1.84. The first-order chi connectivity index (χ1) is 9.58. The molecule has 0 bridgehead atoms. The van der Waals surface area contributed by atoms with Gasteiger partial charge in [-0.1, -0.05) is 18.2 Å². The predicted molar refractivity (Wildman–Crippen MR) is 76.8 cm³/mol. The Labute approximate surface area is 115 Å². The van der Waals surface area contributed by atoms with E-state index >= 15 is 0 Å². The van der Waals surface area contributed by atoms with Crippen LogP contribution in [0.2, 0.25) is 0 Å². The number of nitro benzene ring substituents is 1. The molecule has 3 aromatic rings. The Hall–Kier alpha value is -2.69. The molecule has 0 fully saturated rings. The second-order valence-corrected chi connectivity index (χ2v) is 4.74. The monoisotopic (exact) mass is 267 g/mol. The zero-order valence-electron chi connectivity index (χ0n) is 11.2. The fourth-order valence-corrected chi connectivity index (χ4v) is 2.36. The number of nitro groups is 1. The van der Waals surface area contributed by atoms with E-state index in [1.54, 1.807) is 12.1 Å². The highest BCUT2D eigenvalue weighted by Gasteiger charge is 2.14. The molecule has 0 aliphatic rings. The number of non-ortho nitro benzene ring substituents is 1. The lowest BCUT2D eigenvalue weighted by molar-refractivity contribution is -0.384. The molecule has 1 aromatic carbocycles. The van der Waals surface area contributed by atoms with Gasteiger partial charge >= 0.3 is 0 Å². The topological polar surface area (TPSA) is 60.4 Å². The van der Waals surface area contributed by atoms with Crippen LogP contribution in [0.3, 0.4) is 0 Å². The van der Waals surface area contributed by atoms with E-state index in [0.717, 1.165) is 28.2 Å². The number of benzene rings is 1.